The van der Waals surface area contributed by atoms with E-state index in [0.29, 0.717) is 35.7 Å². The van der Waals surface area contributed by atoms with Gasteiger partial charge in [-0.25, -0.2) is 4.79 Å². The van der Waals surface area contributed by atoms with Crippen LogP contribution in [0.15, 0.2) is 76.1 Å². The van der Waals surface area contributed by atoms with Crippen LogP contribution in [0, 0.1) is 6.92 Å². The van der Waals surface area contributed by atoms with E-state index in [2.05, 4.69) is 10.3 Å². The monoisotopic (exact) mass is 472 g/mol. The van der Waals surface area contributed by atoms with E-state index in [1.807, 2.05) is 68.4 Å². The molecule has 0 aliphatic heterocycles. The van der Waals surface area contributed by atoms with Gasteiger partial charge in [0.15, 0.2) is 0 Å². The maximum atomic E-state index is 12.7. The second-order valence-electron chi connectivity index (χ2n) is 8.33. The first kappa shape index (κ1) is 24.0. The zero-order chi connectivity index (χ0) is 24.8. The molecule has 180 valence electrons. The lowest BCUT2D eigenvalue weighted by Crippen LogP contribution is -2.27. The van der Waals surface area contributed by atoms with Gasteiger partial charge < -0.3 is 19.2 Å². The highest BCUT2D eigenvalue weighted by Gasteiger charge is 2.15. The van der Waals surface area contributed by atoms with Crippen molar-refractivity contribution >= 4 is 16.9 Å². The van der Waals surface area contributed by atoms with E-state index in [9.17, 15) is 9.59 Å². The third-order valence-corrected chi connectivity index (χ3v) is 5.95. The van der Waals surface area contributed by atoms with Gasteiger partial charge in [0.05, 0.1) is 18.8 Å². The summed E-state index contributed by atoms with van der Waals surface area (Å²) in [5.74, 6) is 1.17. The quantitative estimate of drug-likeness (QED) is 0.349. The summed E-state index contributed by atoms with van der Waals surface area (Å²) >= 11 is 0. The smallest absolute Gasteiger partial charge is 0.339 e. The molecule has 0 aliphatic carbocycles. The Kier molecular flexibility index (Phi) is 7.45. The van der Waals surface area contributed by atoms with Crippen molar-refractivity contribution in [3.05, 3.63) is 99.7 Å². The van der Waals surface area contributed by atoms with Crippen LogP contribution >= 0.6 is 0 Å². The minimum atomic E-state index is -0.429. The first-order chi connectivity index (χ1) is 16.9. The highest BCUT2D eigenvalue weighted by molar-refractivity contribution is 5.83. The van der Waals surface area contributed by atoms with Crippen molar-refractivity contribution < 1.29 is 18.7 Å². The number of fused-ring (bicyclic) bond motifs is 1. The second-order valence-corrected chi connectivity index (χ2v) is 8.33. The molecule has 4 rings (SSSR count). The third kappa shape index (κ3) is 5.87. The summed E-state index contributed by atoms with van der Waals surface area (Å²) in [4.78, 5) is 29.5. The normalized spacial score (nSPS) is 11.7. The number of pyridine rings is 1. The number of nitrogens with one attached hydrogen (secondary N) is 1. The van der Waals surface area contributed by atoms with E-state index >= 15 is 0 Å². The first-order valence-electron chi connectivity index (χ1n) is 11.5. The molecule has 1 atom stereocenters. The Labute approximate surface area is 203 Å². The van der Waals surface area contributed by atoms with E-state index in [1.54, 1.807) is 19.4 Å². The largest absolute Gasteiger partial charge is 0.497 e. The van der Waals surface area contributed by atoms with E-state index in [4.69, 9.17) is 13.9 Å². The summed E-state index contributed by atoms with van der Waals surface area (Å²) in [5.41, 5.74) is 3.13. The summed E-state index contributed by atoms with van der Waals surface area (Å²) in [6.07, 6.45) is 2.20. The molecule has 35 heavy (non-hydrogen) atoms. The molecule has 0 fully saturated rings. The molecular formula is C28H28N2O5. The van der Waals surface area contributed by atoms with Gasteiger partial charge in [0.25, 0.3) is 0 Å². The number of rotatable bonds is 9. The van der Waals surface area contributed by atoms with Crippen LogP contribution in [0.1, 0.15) is 41.8 Å². The molecule has 7 nitrogen and oxygen atoms in total. The van der Waals surface area contributed by atoms with Gasteiger partial charge in [-0.2, -0.15) is 0 Å². The molecule has 0 bridgehead atoms. The molecule has 1 amide bonds. The topological polar surface area (TPSA) is 90.7 Å². The zero-order valence-electron chi connectivity index (χ0n) is 20.0. The lowest BCUT2D eigenvalue weighted by Gasteiger charge is -2.16. The van der Waals surface area contributed by atoms with Gasteiger partial charge in [0.1, 0.15) is 23.7 Å². The standard InChI is InChI=1S/C28H28N2O5/c1-18-24-11-10-22(33-3)16-26(24)35-28(32)25(18)12-13-27(31)30-19(2)20-7-6-9-23(15-20)34-17-21-8-4-5-14-29-21/h4-11,14-16,19H,12-13,17H2,1-3H3,(H,30,31). The van der Waals surface area contributed by atoms with Gasteiger partial charge in [0, 0.05) is 29.6 Å². The van der Waals surface area contributed by atoms with Gasteiger partial charge in [0.2, 0.25) is 5.91 Å². The minimum absolute atomic E-state index is 0.147. The highest BCUT2D eigenvalue weighted by atomic mass is 16.5. The molecule has 1 unspecified atom stereocenters. The van der Waals surface area contributed by atoms with Crippen LogP contribution in [0.25, 0.3) is 11.0 Å². The number of amides is 1. The number of nitrogens with zero attached hydrogens (tertiary/aromatic N) is 1. The molecule has 2 heterocycles. The Morgan fingerprint density at radius 2 is 1.94 bits per heavy atom. The molecular weight excluding hydrogens is 444 g/mol. The Morgan fingerprint density at radius 1 is 1.09 bits per heavy atom. The number of aromatic nitrogens is 1. The van der Waals surface area contributed by atoms with E-state index < -0.39 is 5.63 Å². The van der Waals surface area contributed by atoms with Crippen molar-refractivity contribution in [2.45, 2.75) is 39.3 Å². The van der Waals surface area contributed by atoms with Crippen molar-refractivity contribution in [3.63, 3.8) is 0 Å². The number of hydrogen-bond donors (Lipinski definition) is 1. The van der Waals surface area contributed by atoms with Crippen LogP contribution in [-0.2, 0) is 17.8 Å². The summed E-state index contributed by atoms with van der Waals surface area (Å²) in [7, 11) is 1.56. The van der Waals surface area contributed by atoms with Crippen LogP contribution in [0.5, 0.6) is 11.5 Å². The van der Waals surface area contributed by atoms with Crippen LogP contribution in [0.3, 0.4) is 0 Å². The maximum absolute atomic E-state index is 12.7. The first-order valence-corrected chi connectivity index (χ1v) is 11.5. The number of methoxy groups -OCH3 is 1. The Hall–Kier alpha value is -4.13. The molecule has 0 spiro atoms. The number of aryl methyl sites for hydroxylation is 1. The maximum Gasteiger partial charge on any atom is 0.339 e. The summed E-state index contributed by atoms with van der Waals surface area (Å²) in [5, 5.41) is 3.83. The average molecular weight is 473 g/mol. The number of hydrogen-bond acceptors (Lipinski definition) is 6. The molecule has 2 aromatic heterocycles. The van der Waals surface area contributed by atoms with Gasteiger partial charge in [-0.1, -0.05) is 18.2 Å². The zero-order valence-corrected chi connectivity index (χ0v) is 20.0. The van der Waals surface area contributed by atoms with Gasteiger partial charge in [-0.05, 0) is 67.8 Å². The molecule has 0 saturated heterocycles. The van der Waals surface area contributed by atoms with E-state index in [-0.39, 0.29) is 18.4 Å². The fourth-order valence-corrected chi connectivity index (χ4v) is 3.94. The Morgan fingerprint density at radius 3 is 2.71 bits per heavy atom. The Balaban J connectivity index is 1.37. The van der Waals surface area contributed by atoms with Crippen molar-refractivity contribution in [2.24, 2.45) is 0 Å². The van der Waals surface area contributed by atoms with Crippen molar-refractivity contribution in [1.82, 2.24) is 10.3 Å². The molecule has 1 N–H and O–H groups in total. The lowest BCUT2D eigenvalue weighted by atomic mass is 10.0. The van der Waals surface area contributed by atoms with Gasteiger partial charge in [-0.15, -0.1) is 0 Å². The average Bonchev–Trinajstić information content (AvgIpc) is 2.87. The lowest BCUT2D eigenvalue weighted by molar-refractivity contribution is -0.121. The van der Waals surface area contributed by atoms with Crippen molar-refractivity contribution in [1.29, 1.82) is 0 Å². The SMILES string of the molecule is COc1ccc2c(C)c(CCC(=O)NC(C)c3cccc(OCc4ccccn4)c3)c(=O)oc2c1. The molecule has 2 aromatic carbocycles. The fraction of sp³-hybridized carbons (Fsp3) is 0.250. The van der Waals surface area contributed by atoms with E-state index in [0.717, 1.165) is 22.2 Å². The van der Waals surface area contributed by atoms with Crippen LogP contribution in [0.2, 0.25) is 0 Å². The van der Waals surface area contributed by atoms with Crippen molar-refractivity contribution in [3.8, 4) is 11.5 Å². The molecule has 0 aliphatic rings. The molecule has 7 heteroatoms. The summed E-state index contributed by atoms with van der Waals surface area (Å²) in [6.45, 7) is 4.16. The van der Waals surface area contributed by atoms with Gasteiger partial charge in [-0.3, -0.25) is 9.78 Å². The third-order valence-electron chi connectivity index (χ3n) is 5.95. The number of carbonyl (C=O) groups is 1. The molecule has 0 radical (unpaired) electrons. The second kappa shape index (κ2) is 10.9. The number of carbonyl (C=O) groups excluding carboxylic acids is 1. The summed E-state index contributed by atoms with van der Waals surface area (Å²) in [6, 6.07) is 18.4. The predicted octanol–water partition coefficient (Wildman–Crippen LogP) is 4.89. The van der Waals surface area contributed by atoms with Crippen molar-refractivity contribution in [2.75, 3.05) is 7.11 Å². The molecule has 4 aromatic rings. The van der Waals surface area contributed by atoms with E-state index in [1.165, 1.54) is 0 Å². The minimum Gasteiger partial charge on any atom is -0.497 e. The van der Waals surface area contributed by atoms with Crippen LogP contribution in [-0.4, -0.2) is 18.0 Å². The number of benzene rings is 2. The van der Waals surface area contributed by atoms with Crippen LogP contribution < -0.4 is 20.4 Å². The predicted molar refractivity (Wildman–Crippen MR) is 134 cm³/mol. The Bertz CT molecular complexity index is 1380. The highest BCUT2D eigenvalue weighted by Crippen LogP contribution is 2.25. The van der Waals surface area contributed by atoms with Gasteiger partial charge >= 0.3 is 5.63 Å². The van der Waals surface area contributed by atoms with Crippen LogP contribution in [0.4, 0.5) is 0 Å². The molecule has 0 saturated carbocycles. The summed E-state index contributed by atoms with van der Waals surface area (Å²) < 4.78 is 16.5. The fourth-order valence-electron chi connectivity index (χ4n) is 3.94. The number of ether oxygens (including phenoxy) is 2.